The van der Waals surface area contributed by atoms with E-state index < -0.39 is 11.2 Å². The molecule has 0 atom stereocenters. The minimum Gasteiger partial charge on any atom is -0.329 e. The average molecular weight is 244 g/mol. The molecular formula is C12H15ClFNO. The van der Waals surface area contributed by atoms with Gasteiger partial charge in [0.15, 0.2) is 0 Å². The summed E-state index contributed by atoms with van der Waals surface area (Å²) in [5, 5.41) is 0.279. The lowest BCUT2D eigenvalue weighted by atomic mass is 9.85. The normalized spacial score (nSPS) is 11.6. The lowest BCUT2D eigenvalue weighted by Gasteiger charge is -2.20. The van der Waals surface area contributed by atoms with Crippen LogP contribution in [0.15, 0.2) is 18.2 Å². The number of carbonyl (C=O) groups excluding carboxylic acids is 1. The zero-order chi connectivity index (χ0) is 12.3. The Bertz CT molecular complexity index is 384. The second-order valence-electron chi connectivity index (χ2n) is 4.39. The van der Waals surface area contributed by atoms with E-state index in [4.69, 9.17) is 17.3 Å². The van der Waals surface area contributed by atoms with Gasteiger partial charge in [-0.05, 0) is 12.1 Å². The molecule has 0 bridgehead atoms. The van der Waals surface area contributed by atoms with Crippen molar-refractivity contribution in [2.24, 2.45) is 11.1 Å². The Kier molecular flexibility index (Phi) is 4.05. The highest BCUT2D eigenvalue weighted by atomic mass is 35.5. The number of nitrogens with two attached hydrogens (primary N) is 1. The fourth-order valence-corrected chi connectivity index (χ4v) is 1.44. The zero-order valence-corrected chi connectivity index (χ0v) is 10.1. The van der Waals surface area contributed by atoms with E-state index in [9.17, 15) is 9.18 Å². The first kappa shape index (κ1) is 13.1. The maximum absolute atomic E-state index is 13.4. The Labute approximate surface area is 99.6 Å². The molecule has 16 heavy (non-hydrogen) atoms. The van der Waals surface area contributed by atoms with E-state index in [0.717, 1.165) is 0 Å². The molecule has 0 aliphatic heterocycles. The maximum atomic E-state index is 13.4. The Morgan fingerprint density at radius 1 is 1.50 bits per heavy atom. The van der Waals surface area contributed by atoms with Gasteiger partial charge in [0.05, 0.1) is 0 Å². The Balaban J connectivity index is 2.94. The molecule has 0 amide bonds. The van der Waals surface area contributed by atoms with Gasteiger partial charge in [-0.15, -0.1) is 0 Å². The van der Waals surface area contributed by atoms with Crippen LogP contribution in [0.3, 0.4) is 0 Å². The molecule has 1 aromatic rings. The number of benzene rings is 1. The van der Waals surface area contributed by atoms with E-state index in [0.29, 0.717) is 0 Å². The van der Waals surface area contributed by atoms with Gasteiger partial charge >= 0.3 is 0 Å². The maximum Gasteiger partial charge on any atom is 0.144 e. The predicted molar refractivity (Wildman–Crippen MR) is 63.0 cm³/mol. The number of halogens is 2. The van der Waals surface area contributed by atoms with Crippen LogP contribution < -0.4 is 5.73 Å². The SMILES string of the molecule is CC(C)(CN)C(=O)Cc1c(F)cccc1Cl. The Hall–Kier alpha value is -0.930. The Morgan fingerprint density at radius 2 is 2.12 bits per heavy atom. The molecule has 0 saturated carbocycles. The molecule has 2 nitrogen and oxygen atoms in total. The summed E-state index contributed by atoms with van der Waals surface area (Å²) in [5.41, 5.74) is 5.09. The summed E-state index contributed by atoms with van der Waals surface area (Å²) in [4.78, 5) is 11.9. The van der Waals surface area contributed by atoms with Gasteiger partial charge in [-0.1, -0.05) is 31.5 Å². The van der Waals surface area contributed by atoms with E-state index in [2.05, 4.69) is 0 Å². The molecule has 0 aromatic heterocycles. The van der Waals surface area contributed by atoms with Crippen LogP contribution in [-0.4, -0.2) is 12.3 Å². The first-order valence-electron chi connectivity index (χ1n) is 5.05. The van der Waals surface area contributed by atoms with E-state index in [1.807, 2.05) is 0 Å². The number of Topliss-reactive ketones (excluding diaryl/α,β-unsaturated/α-hetero) is 1. The van der Waals surface area contributed by atoms with Gasteiger partial charge in [0.2, 0.25) is 0 Å². The van der Waals surface area contributed by atoms with Crippen molar-refractivity contribution in [3.05, 3.63) is 34.6 Å². The molecule has 4 heteroatoms. The standard InChI is InChI=1S/C12H15ClFNO/c1-12(2,7-15)11(16)6-8-9(13)4-3-5-10(8)14/h3-5H,6-7,15H2,1-2H3. The number of carbonyl (C=O) groups is 1. The molecule has 2 N–H and O–H groups in total. The van der Waals surface area contributed by atoms with Crippen molar-refractivity contribution in [1.82, 2.24) is 0 Å². The number of rotatable bonds is 4. The van der Waals surface area contributed by atoms with Crippen molar-refractivity contribution in [2.75, 3.05) is 6.54 Å². The third-order valence-corrected chi connectivity index (χ3v) is 3.02. The first-order chi connectivity index (χ1) is 7.38. The zero-order valence-electron chi connectivity index (χ0n) is 9.39. The molecule has 1 aromatic carbocycles. The summed E-state index contributed by atoms with van der Waals surface area (Å²) < 4.78 is 13.4. The number of hydrogen-bond acceptors (Lipinski definition) is 2. The predicted octanol–water partition coefficient (Wildman–Crippen LogP) is 2.58. The monoisotopic (exact) mass is 243 g/mol. The molecular weight excluding hydrogens is 229 g/mol. The molecule has 0 radical (unpaired) electrons. The largest absolute Gasteiger partial charge is 0.329 e. The fraction of sp³-hybridized carbons (Fsp3) is 0.417. The van der Waals surface area contributed by atoms with Gasteiger partial charge in [0, 0.05) is 29.0 Å². The number of ketones is 1. The molecule has 0 aliphatic carbocycles. The quantitative estimate of drug-likeness (QED) is 0.883. The van der Waals surface area contributed by atoms with Crippen LogP contribution in [0.5, 0.6) is 0 Å². The number of hydrogen-bond donors (Lipinski definition) is 1. The summed E-state index contributed by atoms with van der Waals surface area (Å²) in [6.07, 6.45) is -0.0181. The van der Waals surface area contributed by atoms with Gasteiger partial charge in [0.1, 0.15) is 11.6 Å². The van der Waals surface area contributed by atoms with Crippen molar-refractivity contribution in [3.63, 3.8) is 0 Å². The third kappa shape index (κ3) is 2.80. The van der Waals surface area contributed by atoms with Gasteiger partial charge in [-0.3, -0.25) is 4.79 Å². The second-order valence-corrected chi connectivity index (χ2v) is 4.80. The van der Waals surface area contributed by atoms with Crippen LogP contribution in [0.2, 0.25) is 5.02 Å². The van der Waals surface area contributed by atoms with E-state index >= 15 is 0 Å². The average Bonchev–Trinajstić information content (AvgIpc) is 2.23. The lowest BCUT2D eigenvalue weighted by molar-refractivity contribution is -0.126. The van der Waals surface area contributed by atoms with Crippen molar-refractivity contribution < 1.29 is 9.18 Å². The smallest absolute Gasteiger partial charge is 0.144 e. The van der Waals surface area contributed by atoms with E-state index in [1.54, 1.807) is 19.9 Å². The van der Waals surface area contributed by atoms with Crippen LogP contribution in [0.4, 0.5) is 4.39 Å². The van der Waals surface area contributed by atoms with E-state index in [-0.39, 0.29) is 29.3 Å². The molecule has 0 aliphatic rings. The highest BCUT2D eigenvalue weighted by molar-refractivity contribution is 6.31. The molecule has 0 spiro atoms. The molecule has 88 valence electrons. The summed E-state index contributed by atoms with van der Waals surface area (Å²) in [6.45, 7) is 3.71. The molecule has 0 unspecified atom stereocenters. The van der Waals surface area contributed by atoms with Crippen LogP contribution in [0, 0.1) is 11.2 Å². The highest BCUT2D eigenvalue weighted by Gasteiger charge is 2.26. The summed E-state index contributed by atoms with van der Waals surface area (Å²) >= 11 is 5.84. The van der Waals surface area contributed by atoms with Gasteiger partial charge < -0.3 is 5.73 Å². The van der Waals surface area contributed by atoms with Crippen LogP contribution in [0.25, 0.3) is 0 Å². The third-order valence-electron chi connectivity index (χ3n) is 2.66. The van der Waals surface area contributed by atoms with Gasteiger partial charge in [0.25, 0.3) is 0 Å². The minimum atomic E-state index is -0.647. The highest BCUT2D eigenvalue weighted by Crippen LogP contribution is 2.24. The second kappa shape index (κ2) is 4.93. The van der Waals surface area contributed by atoms with Crippen LogP contribution in [-0.2, 0) is 11.2 Å². The van der Waals surface area contributed by atoms with Crippen LogP contribution >= 0.6 is 11.6 Å². The molecule has 1 rings (SSSR count). The van der Waals surface area contributed by atoms with Crippen LogP contribution in [0.1, 0.15) is 19.4 Å². The lowest BCUT2D eigenvalue weighted by Crippen LogP contribution is -2.34. The summed E-state index contributed by atoms with van der Waals surface area (Å²) in [6, 6.07) is 4.38. The fourth-order valence-electron chi connectivity index (χ4n) is 1.21. The van der Waals surface area contributed by atoms with Gasteiger partial charge in [-0.25, -0.2) is 4.39 Å². The van der Waals surface area contributed by atoms with Crippen molar-refractivity contribution in [2.45, 2.75) is 20.3 Å². The summed E-state index contributed by atoms with van der Waals surface area (Å²) in [5.74, 6) is -0.560. The van der Waals surface area contributed by atoms with Crippen molar-refractivity contribution in [3.8, 4) is 0 Å². The molecule has 0 fully saturated rings. The van der Waals surface area contributed by atoms with Crippen molar-refractivity contribution in [1.29, 1.82) is 0 Å². The van der Waals surface area contributed by atoms with Crippen molar-refractivity contribution >= 4 is 17.4 Å². The summed E-state index contributed by atoms with van der Waals surface area (Å²) in [7, 11) is 0. The first-order valence-corrected chi connectivity index (χ1v) is 5.42. The molecule has 0 heterocycles. The van der Waals surface area contributed by atoms with Gasteiger partial charge in [-0.2, -0.15) is 0 Å². The topological polar surface area (TPSA) is 43.1 Å². The van der Waals surface area contributed by atoms with E-state index in [1.165, 1.54) is 12.1 Å². The molecule has 0 saturated heterocycles. The Morgan fingerprint density at radius 3 is 2.62 bits per heavy atom. The minimum absolute atomic E-state index is 0.0181.